The zero-order chi connectivity index (χ0) is 35.8. The summed E-state index contributed by atoms with van der Waals surface area (Å²) in [5.41, 5.74) is 15.6. The van der Waals surface area contributed by atoms with Crippen LogP contribution in [0.5, 0.6) is 11.5 Å². The van der Waals surface area contributed by atoms with E-state index in [0.717, 1.165) is 59.6 Å². The molecule has 3 heterocycles. The number of aromatic hydroxyl groups is 1. The van der Waals surface area contributed by atoms with Gasteiger partial charge in [-0.05, 0) is 73.5 Å². The number of H-pyrrole nitrogens is 1. The van der Waals surface area contributed by atoms with Crippen LogP contribution in [0.1, 0.15) is 47.8 Å². The van der Waals surface area contributed by atoms with Gasteiger partial charge in [-0.15, -0.1) is 0 Å². The molecule has 9 N–H and O–H groups in total. The summed E-state index contributed by atoms with van der Waals surface area (Å²) in [6.07, 6.45) is -5.90. The van der Waals surface area contributed by atoms with Crippen molar-refractivity contribution in [2.75, 3.05) is 13.1 Å². The lowest BCUT2D eigenvalue weighted by Crippen LogP contribution is -2.74. The summed E-state index contributed by atoms with van der Waals surface area (Å²) in [5.74, 6) is -4.05. The third kappa shape index (κ3) is 5.65. The Bertz CT molecular complexity index is 1850. The normalized spacial score (nSPS) is 26.2. The Hall–Kier alpha value is -4.71. The largest absolute Gasteiger partial charge is 0.504 e. The number of rotatable bonds is 3. The standard InChI is InChI=1S/C27H29N5O3.2C2HF3O2/c28-25(29)30-15-4-5-18-16(10-15)17-11-27(34)20-9-14-3-6-19(33)23-21(14)26(27,24(35-23)22(17)31-18)7-8-32(20)12-13-1-2-13;2*3-2(4,5)1(6)7/h3-6,10,13,20,24,31,33-34H,1-2,7-9,11-12H2,(H4,28,29,30);2*(H,6,7)/t20-,24+,26-,27+;;/m1../s1. The van der Waals surface area contributed by atoms with Crippen molar-refractivity contribution in [3.63, 3.8) is 0 Å². The molecule has 8 rings (SSSR count). The molecular weight excluding hydrogens is 668 g/mol. The summed E-state index contributed by atoms with van der Waals surface area (Å²) in [5, 5.41) is 38.9. The number of likely N-dealkylation sites (tertiary alicyclic amines) is 1. The van der Waals surface area contributed by atoms with Crippen LogP contribution in [-0.2, 0) is 27.8 Å². The van der Waals surface area contributed by atoms with Crippen LogP contribution in [0.15, 0.2) is 35.3 Å². The number of carboxylic acids is 2. The molecule has 1 saturated heterocycles. The van der Waals surface area contributed by atoms with Gasteiger partial charge in [-0.25, -0.2) is 14.6 Å². The van der Waals surface area contributed by atoms with Crippen molar-refractivity contribution in [1.29, 1.82) is 0 Å². The first-order chi connectivity index (χ1) is 22.8. The molecule has 1 spiro atoms. The number of hydrogen-bond donors (Lipinski definition) is 7. The number of aromatic nitrogens is 1. The number of ether oxygens (including phenoxy) is 1. The van der Waals surface area contributed by atoms with E-state index in [2.05, 4.69) is 14.9 Å². The highest BCUT2D eigenvalue weighted by Crippen LogP contribution is 2.69. The van der Waals surface area contributed by atoms with Crippen molar-refractivity contribution in [1.82, 2.24) is 9.88 Å². The molecule has 2 aromatic carbocycles. The average Bonchev–Trinajstić information content (AvgIpc) is 3.64. The van der Waals surface area contributed by atoms with E-state index in [1.165, 1.54) is 18.4 Å². The molecule has 264 valence electrons. The van der Waals surface area contributed by atoms with Gasteiger partial charge in [0.1, 0.15) is 0 Å². The van der Waals surface area contributed by atoms with Gasteiger partial charge in [0.05, 0.1) is 22.4 Å². The van der Waals surface area contributed by atoms with Crippen molar-refractivity contribution < 1.29 is 61.1 Å². The number of aromatic amines is 1. The van der Waals surface area contributed by atoms with Gasteiger partial charge in [0.15, 0.2) is 23.6 Å². The molecule has 0 radical (unpaired) electrons. The number of aliphatic hydroxyl groups is 1. The van der Waals surface area contributed by atoms with Crippen LogP contribution in [0, 0.1) is 5.92 Å². The number of nitrogens with one attached hydrogen (secondary N) is 1. The number of alkyl halides is 6. The minimum absolute atomic E-state index is 0.00457. The number of carboxylic acid groups (broad SMARTS) is 2. The van der Waals surface area contributed by atoms with Gasteiger partial charge in [0.25, 0.3) is 0 Å². The number of nitrogens with zero attached hydrogens (tertiary/aromatic N) is 2. The molecule has 0 amide bonds. The average molecular weight is 700 g/mol. The molecule has 0 unspecified atom stereocenters. The highest BCUT2D eigenvalue weighted by atomic mass is 19.4. The second-order valence-electron chi connectivity index (χ2n) is 12.8. The van der Waals surface area contributed by atoms with Crippen molar-refractivity contribution >= 4 is 34.5 Å². The summed E-state index contributed by atoms with van der Waals surface area (Å²) >= 11 is 0. The van der Waals surface area contributed by atoms with Crippen molar-refractivity contribution in [3.8, 4) is 11.5 Å². The maximum Gasteiger partial charge on any atom is 0.490 e. The Morgan fingerprint density at radius 3 is 2.24 bits per heavy atom. The number of piperidine rings is 1. The first kappa shape index (κ1) is 34.2. The number of phenols is 1. The maximum atomic E-state index is 12.9. The molecule has 18 heteroatoms. The van der Waals surface area contributed by atoms with Gasteiger partial charge in [-0.2, -0.15) is 26.3 Å². The summed E-state index contributed by atoms with van der Waals surface area (Å²) in [4.78, 5) is 28.2. The zero-order valence-electron chi connectivity index (χ0n) is 25.4. The van der Waals surface area contributed by atoms with Gasteiger partial charge in [-0.1, -0.05) is 6.07 Å². The summed E-state index contributed by atoms with van der Waals surface area (Å²) < 4.78 is 70.1. The SMILES string of the molecule is NC(N)=Nc1ccc2[nH]c3c(c2c1)C[C@]1(O)[C@H]2Cc4ccc(O)c5c4[C@]1(CCN2CC1CC1)[C@H]3O5.O=C(O)C(F)(F)F.O=C(O)C(F)(F)F. The number of hydrogen-bond acceptors (Lipinski definition) is 7. The number of phenolic OH excluding ortho intramolecular Hbond substituents is 1. The first-order valence-electron chi connectivity index (χ1n) is 15.1. The number of aliphatic imine (C=N–C) groups is 1. The van der Waals surface area contributed by atoms with Crippen LogP contribution in [0.25, 0.3) is 10.9 Å². The molecule has 1 saturated carbocycles. The molecule has 49 heavy (non-hydrogen) atoms. The van der Waals surface area contributed by atoms with E-state index in [-0.39, 0.29) is 23.9 Å². The summed E-state index contributed by atoms with van der Waals surface area (Å²) in [6, 6.07) is 9.64. The van der Waals surface area contributed by atoms with Gasteiger partial charge < -0.3 is 41.6 Å². The van der Waals surface area contributed by atoms with E-state index in [4.69, 9.17) is 36.0 Å². The van der Waals surface area contributed by atoms with Crippen LogP contribution >= 0.6 is 0 Å². The minimum Gasteiger partial charge on any atom is -0.504 e. The van der Waals surface area contributed by atoms with Crippen molar-refractivity contribution in [2.45, 2.75) is 67.6 Å². The van der Waals surface area contributed by atoms with E-state index in [1.807, 2.05) is 24.3 Å². The third-order valence-electron chi connectivity index (χ3n) is 9.89. The highest BCUT2D eigenvalue weighted by Gasteiger charge is 2.72. The van der Waals surface area contributed by atoms with E-state index in [9.17, 15) is 36.6 Å². The smallest absolute Gasteiger partial charge is 0.490 e. The van der Waals surface area contributed by atoms with Gasteiger partial charge in [0, 0.05) is 35.5 Å². The fourth-order valence-electron chi connectivity index (χ4n) is 7.83. The number of fused-ring (bicyclic) bond motifs is 4. The molecule has 3 aromatic rings. The lowest BCUT2D eigenvalue weighted by Gasteiger charge is -2.62. The maximum absolute atomic E-state index is 12.9. The zero-order valence-corrected chi connectivity index (χ0v) is 25.4. The minimum atomic E-state index is -5.08. The van der Waals surface area contributed by atoms with E-state index in [1.54, 1.807) is 6.07 Å². The van der Waals surface area contributed by atoms with Crippen molar-refractivity contribution in [2.24, 2.45) is 22.4 Å². The molecule has 2 fully saturated rings. The Balaban J connectivity index is 0.000000253. The molecule has 1 aromatic heterocycles. The Kier molecular flexibility index (Phi) is 7.97. The van der Waals surface area contributed by atoms with Crippen LogP contribution in [-0.4, -0.2) is 85.3 Å². The molecule has 5 aliphatic rings. The van der Waals surface area contributed by atoms with E-state index in [0.29, 0.717) is 17.9 Å². The van der Waals surface area contributed by atoms with Gasteiger partial charge >= 0.3 is 24.3 Å². The molecule has 2 bridgehead atoms. The van der Waals surface area contributed by atoms with Crippen LogP contribution in [0.2, 0.25) is 0 Å². The fourth-order valence-corrected chi connectivity index (χ4v) is 7.83. The van der Waals surface area contributed by atoms with E-state index < -0.39 is 35.3 Å². The molecule has 12 nitrogen and oxygen atoms in total. The number of guanidine groups is 1. The van der Waals surface area contributed by atoms with E-state index >= 15 is 0 Å². The predicted molar refractivity (Wildman–Crippen MR) is 159 cm³/mol. The van der Waals surface area contributed by atoms with Crippen LogP contribution in [0.4, 0.5) is 32.0 Å². The second-order valence-corrected chi connectivity index (χ2v) is 12.8. The third-order valence-corrected chi connectivity index (χ3v) is 9.89. The lowest BCUT2D eigenvalue weighted by molar-refractivity contribution is -0.193. The Morgan fingerprint density at radius 1 is 1.04 bits per heavy atom. The number of carbonyl (C=O) groups is 2. The predicted octanol–water partition coefficient (Wildman–Crippen LogP) is 3.74. The van der Waals surface area contributed by atoms with Crippen molar-refractivity contribution in [3.05, 3.63) is 52.7 Å². The Morgan fingerprint density at radius 2 is 1.67 bits per heavy atom. The first-order valence-corrected chi connectivity index (χ1v) is 15.1. The monoisotopic (exact) mass is 699 g/mol. The number of halogens is 6. The highest BCUT2D eigenvalue weighted by molar-refractivity contribution is 5.90. The van der Waals surface area contributed by atoms with Gasteiger partial charge in [0.2, 0.25) is 0 Å². The summed E-state index contributed by atoms with van der Waals surface area (Å²) in [6.45, 7) is 1.98. The molecule has 2 aliphatic heterocycles. The molecular formula is C31H31F6N5O7. The molecule has 3 aliphatic carbocycles. The topological polar surface area (TPSA) is 208 Å². The Labute approximate surface area is 273 Å². The summed E-state index contributed by atoms with van der Waals surface area (Å²) in [7, 11) is 0. The number of benzene rings is 2. The fraction of sp³-hybridized carbons (Fsp3) is 0.452. The quantitative estimate of drug-likeness (QED) is 0.120. The van der Waals surface area contributed by atoms with Gasteiger partial charge in [-0.3, -0.25) is 4.90 Å². The number of nitrogens with two attached hydrogens (primary N) is 2. The number of aliphatic carboxylic acids is 2. The molecule has 4 atom stereocenters. The van der Waals surface area contributed by atoms with Crippen LogP contribution < -0.4 is 16.2 Å². The van der Waals surface area contributed by atoms with Crippen LogP contribution in [0.3, 0.4) is 0 Å². The second kappa shape index (κ2) is 11.4. The lowest BCUT2D eigenvalue weighted by atomic mass is 9.49.